The summed E-state index contributed by atoms with van der Waals surface area (Å²) in [5, 5.41) is 20.5. The van der Waals surface area contributed by atoms with Crippen LogP contribution in [-0.2, 0) is 42.3 Å². The molecule has 1 heterocycles. The summed E-state index contributed by atoms with van der Waals surface area (Å²) in [5.41, 5.74) is 1.42. The van der Waals surface area contributed by atoms with Crippen LogP contribution in [0.25, 0.3) is 0 Å². The number of nitrogens with one attached hydrogen (secondary N) is 2. The van der Waals surface area contributed by atoms with Crippen LogP contribution in [-0.4, -0.2) is 46.0 Å². The fourth-order valence-corrected chi connectivity index (χ4v) is 2.45. The van der Waals surface area contributed by atoms with Gasteiger partial charge < -0.3 is 35.9 Å². The Morgan fingerprint density at radius 2 is 1.47 bits per heavy atom. The van der Waals surface area contributed by atoms with E-state index in [4.69, 9.17) is 25.3 Å². The number of halogens is 3. The number of amidine groups is 2. The third kappa shape index (κ3) is 9.69. The Labute approximate surface area is 205 Å². The first-order valence-electron chi connectivity index (χ1n) is 8.97. The van der Waals surface area contributed by atoms with Crippen LogP contribution < -0.4 is 10.6 Å². The van der Waals surface area contributed by atoms with E-state index in [1.165, 1.54) is 0 Å². The summed E-state index contributed by atoms with van der Waals surface area (Å²) >= 11 is 9.93. The first kappa shape index (κ1) is 27.4. The molecule has 0 spiro atoms. The number of pyridine rings is 1. The molecule has 0 unspecified atom stereocenters. The zero-order valence-electron chi connectivity index (χ0n) is 16.6. The molecule has 0 fully saturated rings. The van der Waals surface area contributed by atoms with Gasteiger partial charge in [0.1, 0.15) is 18.0 Å². The van der Waals surface area contributed by atoms with Crippen LogP contribution in [0.5, 0.6) is 0 Å². The van der Waals surface area contributed by atoms with Crippen molar-refractivity contribution < 1.29 is 30.2 Å². The van der Waals surface area contributed by atoms with Gasteiger partial charge in [-0.1, -0.05) is 36.4 Å². The van der Waals surface area contributed by atoms with Gasteiger partial charge in [0, 0.05) is 18.3 Å². The van der Waals surface area contributed by atoms with Gasteiger partial charge in [0.25, 0.3) is 0 Å². The van der Waals surface area contributed by atoms with E-state index in [2.05, 4.69) is 30.7 Å². The second-order valence-corrected chi connectivity index (χ2v) is 6.56. The Kier molecular flexibility index (Phi) is 11.8. The van der Waals surface area contributed by atoms with E-state index in [9.17, 15) is 13.2 Å². The average molecular weight is 529 g/mol. The van der Waals surface area contributed by atoms with E-state index in [1.54, 1.807) is 54.7 Å². The first-order chi connectivity index (χ1) is 14.8. The van der Waals surface area contributed by atoms with Gasteiger partial charge in [-0.3, -0.25) is 4.98 Å². The zero-order chi connectivity index (χ0) is 22.7. The summed E-state index contributed by atoms with van der Waals surface area (Å²) in [6, 6.07) is 14.0. The molecule has 0 amide bonds. The predicted octanol–water partition coefficient (Wildman–Crippen LogP) is 2.75. The fraction of sp³-hybridized carbons (Fsp3) is 0.211. The van der Waals surface area contributed by atoms with Gasteiger partial charge in [0.05, 0.1) is 5.69 Å². The largest absolute Gasteiger partial charge is 2.00 e. The van der Waals surface area contributed by atoms with Crippen LogP contribution in [0.2, 0.25) is 0 Å². The smallest absolute Gasteiger partial charge is 0.741 e. The van der Waals surface area contributed by atoms with Gasteiger partial charge in [-0.2, -0.15) is 23.4 Å². The SMILES string of the molecule is CCNC([S-])=NN=C(C(=NN=C([S-])NCC(F)(F)F)c1ccccc1)c1ccccn1.[Cu+2]. The number of benzene rings is 1. The molecule has 32 heavy (non-hydrogen) atoms. The summed E-state index contributed by atoms with van der Waals surface area (Å²) < 4.78 is 37.2. The number of hydrogen-bond acceptors (Lipinski definition) is 7. The quantitative estimate of drug-likeness (QED) is 0.190. The molecule has 13 heteroatoms. The topological polar surface area (TPSA) is 86.4 Å². The molecule has 2 aromatic rings. The first-order valence-corrected chi connectivity index (χ1v) is 9.79. The minimum Gasteiger partial charge on any atom is -0.741 e. The Balaban J connectivity index is 0.00000512. The van der Waals surface area contributed by atoms with Crippen molar-refractivity contribution in [3.63, 3.8) is 0 Å². The molecule has 173 valence electrons. The van der Waals surface area contributed by atoms with Gasteiger partial charge in [0.2, 0.25) is 0 Å². The summed E-state index contributed by atoms with van der Waals surface area (Å²) in [5.74, 6) is 0. The molecule has 0 aliphatic rings. The number of alkyl halides is 3. The normalized spacial score (nSPS) is 13.4. The van der Waals surface area contributed by atoms with Crippen LogP contribution in [0.3, 0.4) is 0 Å². The average Bonchev–Trinajstić information content (AvgIpc) is 2.75. The van der Waals surface area contributed by atoms with Gasteiger partial charge in [-0.25, -0.2) is 0 Å². The molecule has 1 aromatic carbocycles. The molecule has 0 saturated carbocycles. The molecule has 7 nitrogen and oxygen atoms in total. The van der Waals surface area contributed by atoms with E-state index in [0.29, 0.717) is 17.8 Å². The molecule has 2 N–H and O–H groups in total. The summed E-state index contributed by atoms with van der Waals surface area (Å²) in [7, 11) is 0. The second-order valence-electron chi connectivity index (χ2n) is 5.79. The molecule has 1 radical (unpaired) electrons. The minimum atomic E-state index is -4.44. The van der Waals surface area contributed by atoms with Gasteiger partial charge in [-0.05, 0) is 29.4 Å². The Morgan fingerprint density at radius 1 is 0.875 bits per heavy atom. The van der Waals surface area contributed by atoms with E-state index in [1.807, 2.05) is 12.2 Å². The van der Waals surface area contributed by atoms with Gasteiger partial charge in [-0.15, -0.1) is 10.2 Å². The molecule has 0 aliphatic carbocycles. The summed E-state index contributed by atoms with van der Waals surface area (Å²) in [4.78, 5) is 4.27. The molecule has 0 bridgehead atoms. The van der Waals surface area contributed by atoms with Crippen molar-refractivity contribution in [1.82, 2.24) is 15.6 Å². The van der Waals surface area contributed by atoms with Crippen molar-refractivity contribution in [3.05, 3.63) is 66.0 Å². The Hall–Kier alpha value is -2.60. The molecule has 0 saturated heterocycles. The summed E-state index contributed by atoms with van der Waals surface area (Å²) in [6.07, 6.45) is -2.88. The van der Waals surface area contributed by atoms with Crippen molar-refractivity contribution in [2.24, 2.45) is 20.4 Å². The van der Waals surface area contributed by atoms with Crippen LogP contribution >= 0.6 is 0 Å². The third-order valence-electron chi connectivity index (χ3n) is 3.43. The zero-order valence-corrected chi connectivity index (χ0v) is 19.2. The summed E-state index contributed by atoms with van der Waals surface area (Å²) in [6.45, 7) is 1.10. The molecule has 0 atom stereocenters. The standard InChI is InChI=1S/C19H20F3N7S2.Cu/c1-2-23-17(30)28-27-16(14-10-6-7-11-24-14)15(13-8-4-3-5-9-13)26-29-18(31)25-12-19(20,21)22;/h3-11H,2,12H2,1H3,(H2,23,28,30)(H2,25,29,31);/q;+2/p-2. The van der Waals surface area contributed by atoms with Crippen molar-refractivity contribution >= 4 is 47.0 Å². The third-order valence-corrected chi connectivity index (χ3v) is 3.88. The maximum Gasteiger partial charge on any atom is 2.00 e. The maximum atomic E-state index is 12.4. The Morgan fingerprint density at radius 3 is 2.03 bits per heavy atom. The van der Waals surface area contributed by atoms with Gasteiger partial charge in [0.15, 0.2) is 0 Å². The molecule has 0 aliphatic heterocycles. The minimum absolute atomic E-state index is 0. The van der Waals surface area contributed by atoms with Crippen molar-refractivity contribution in [3.8, 4) is 0 Å². The van der Waals surface area contributed by atoms with Crippen molar-refractivity contribution in [2.45, 2.75) is 13.1 Å². The van der Waals surface area contributed by atoms with E-state index >= 15 is 0 Å². The van der Waals surface area contributed by atoms with Crippen LogP contribution in [0.15, 0.2) is 75.1 Å². The van der Waals surface area contributed by atoms with Crippen molar-refractivity contribution in [1.29, 1.82) is 0 Å². The molecular formula is C19H18CuF3N7S2. The molecule has 2 rings (SSSR count). The van der Waals surface area contributed by atoms with Crippen molar-refractivity contribution in [2.75, 3.05) is 13.1 Å². The maximum absolute atomic E-state index is 12.4. The van der Waals surface area contributed by atoms with Gasteiger partial charge >= 0.3 is 23.2 Å². The monoisotopic (exact) mass is 528 g/mol. The molecular weight excluding hydrogens is 511 g/mol. The predicted molar refractivity (Wildman–Crippen MR) is 121 cm³/mol. The van der Waals surface area contributed by atoms with Crippen LogP contribution in [0.1, 0.15) is 18.2 Å². The number of rotatable bonds is 7. The fourth-order valence-electron chi connectivity index (χ4n) is 2.15. The van der Waals surface area contributed by atoms with E-state index in [0.717, 1.165) is 0 Å². The van der Waals surface area contributed by atoms with Crippen LogP contribution in [0.4, 0.5) is 13.2 Å². The number of aromatic nitrogens is 1. The van der Waals surface area contributed by atoms with E-state index in [-0.39, 0.29) is 33.7 Å². The number of hydrogen-bond donors (Lipinski definition) is 2. The van der Waals surface area contributed by atoms with E-state index < -0.39 is 17.9 Å². The second kappa shape index (κ2) is 13.7. The Bertz CT molecular complexity index is 966. The van der Waals surface area contributed by atoms with Crippen LogP contribution in [0, 0.1) is 0 Å². The number of nitrogens with zero attached hydrogens (tertiary/aromatic N) is 5. The molecule has 1 aromatic heterocycles.